The van der Waals surface area contributed by atoms with E-state index >= 15 is 0 Å². The summed E-state index contributed by atoms with van der Waals surface area (Å²) in [5, 5.41) is 17.2. The molecule has 0 saturated carbocycles. The first-order chi connectivity index (χ1) is 23.2. The third kappa shape index (κ3) is 9.00. The maximum atomic E-state index is 6.36. The highest BCUT2D eigenvalue weighted by Gasteiger charge is 2.22. The number of nitrogens with zero attached hydrogens (tertiary/aromatic N) is 4. The summed E-state index contributed by atoms with van der Waals surface area (Å²) in [7, 11) is 0. The SMILES string of the molecule is Br.c1ccc(CN2CCC(NC(=NCc3cccc(Oc4cccc5ccccc45)c3)NCc3nc(C4CCOCC4)n[nH]3)CC2)cc1. The van der Waals surface area contributed by atoms with Gasteiger partial charge in [-0.2, -0.15) is 5.10 Å². The fraction of sp³-hybridized carbons (Fsp3) is 0.342. The van der Waals surface area contributed by atoms with Gasteiger partial charge in [0.15, 0.2) is 11.8 Å². The number of piperidine rings is 1. The maximum Gasteiger partial charge on any atom is 0.192 e. The average Bonchev–Trinajstić information content (AvgIpc) is 3.61. The molecule has 9 nitrogen and oxygen atoms in total. The summed E-state index contributed by atoms with van der Waals surface area (Å²) in [6.45, 7) is 5.65. The number of likely N-dealkylation sites (tertiary alicyclic amines) is 1. The molecule has 2 saturated heterocycles. The lowest BCUT2D eigenvalue weighted by molar-refractivity contribution is 0.0836. The van der Waals surface area contributed by atoms with Gasteiger partial charge >= 0.3 is 0 Å². The van der Waals surface area contributed by atoms with Crippen LogP contribution in [0.2, 0.25) is 0 Å². The number of guanidine groups is 1. The Morgan fingerprint density at radius 1 is 0.875 bits per heavy atom. The standard InChI is InChI=1S/C38H43N7O2.BrH/c1-2-8-28(9-3-1)27-45-20-16-32(17-21-45)41-38(40-26-36-42-37(44-43-36)31-18-22-46-23-19-31)39-25-29-10-6-13-33(24-29)47-35-15-7-12-30-11-4-5-14-34(30)35;/h1-15,24,31-32H,16-23,25-27H2,(H2,39,40,41)(H,42,43,44);1H. The fourth-order valence-electron chi connectivity index (χ4n) is 6.41. The monoisotopic (exact) mass is 709 g/mol. The van der Waals surface area contributed by atoms with Crippen LogP contribution in [0.25, 0.3) is 10.8 Å². The normalized spacial score (nSPS) is 16.4. The number of rotatable bonds is 10. The Balaban J connectivity index is 0.00000401. The lowest BCUT2D eigenvalue weighted by atomic mass is 10.00. The zero-order valence-corrected chi connectivity index (χ0v) is 28.9. The van der Waals surface area contributed by atoms with Crippen LogP contribution in [-0.2, 0) is 24.4 Å². The van der Waals surface area contributed by atoms with Gasteiger partial charge in [-0.1, -0.05) is 78.9 Å². The Hall–Kier alpha value is -4.25. The predicted molar refractivity (Wildman–Crippen MR) is 196 cm³/mol. The quantitative estimate of drug-likeness (QED) is 0.105. The van der Waals surface area contributed by atoms with Crippen LogP contribution in [0.5, 0.6) is 11.5 Å². The number of fused-ring (bicyclic) bond motifs is 1. The van der Waals surface area contributed by atoms with Crippen molar-refractivity contribution in [3.63, 3.8) is 0 Å². The summed E-state index contributed by atoms with van der Waals surface area (Å²) < 4.78 is 11.9. The van der Waals surface area contributed by atoms with Crippen LogP contribution in [-0.4, -0.2) is 58.4 Å². The number of hydrogen-bond donors (Lipinski definition) is 3. The number of halogens is 1. The van der Waals surface area contributed by atoms with E-state index in [4.69, 9.17) is 19.5 Å². The van der Waals surface area contributed by atoms with E-state index in [0.717, 1.165) is 104 Å². The van der Waals surface area contributed by atoms with Gasteiger partial charge in [0, 0.05) is 50.2 Å². The zero-order chi connectivity index (χ0) is 31.7. The summed E-state index contributed by atoms with van der Waals surface area (Å²) in [6.07, 6.45) is 4.03. The van der Waals surface area contributed by atoms with Gasteiger partial charge in [-0.25, -0.2) is 9.98 Å². The first-order valence-electron chi connectivity index (χ1n) is 16.8. The van der Waals surface area contributed by atoms with Gasteiger partial charge < -0.3 is 20.1 Å². The van der Waals surface area contributed by atoms with Gasteiger partial charge in [0.05, 0.1) is 13.1 Å². The van der Waals surface area contributed by atoms with Crippen molar-refractivity contribution in [2.45, 2.75) is 57.3 Å². The first-order valence-corrected chi connectivity index (χ1v) is 16.8. The van der Waals surface area contributed by atoms with Gasteiger partial charge in [0.25, 0.3) is 0 Å². The van der Waals surface area contributed by atoms with Gasteiger partial charge in [-0.05, 0) is 60.4 Å². The smallest absolute Gasteiger partial charge is 0.192 e. The van der Waals surface area contributed by atoms with E-state index in [9.17, 15) is 0 Å². The minimum Gasteiger partial charge on any atom is -0.457 e. The molecule has 10 heteroatoms. The molecule has 5 aromatic rings. The van der Waals surface area contributed by atoms with Crippen LogP contribution < -0.4 is 15.4 Å². The van der Waals surface area contributed by atoms with Crippen molar-refractivity contribution in [1.29, 1.82) is 0 Å². The molecule has 3 heterocycles. The molecular formula is C38H44BrN7O2. The van der Waals surface area contributed by atoms with Crippen LogP contribution in [0.4, 0.5) is 0 Å². The number of benzene rings is 4. The van der Waals surface area contributed by atoms with Crippen molar-refractivity contribution in [3.05, 3.63) is 120 Å². The molecule has 0 bridgehead atoms. The van der Waals surface area contributed by atoms with Crippen molar-refractivity contribution < 1.29 is 9.47 Å². The predicted octanol–water partition coefficient (Wildman–Crippen LogP) is 7.12. The number of H-pyrrole nitrogens is 1. The molecule has 1 aromatic heterocycles. The van der Waals surface area contributed by atoms with Crippen molar-refractivity contribution in [2.24, 2.45) is 4.99 Å². The van der Waals surface area contributed by atoms with Crippen molar-refractivity contribution in [2.75, 3.05) is 26.3 Å². The van der Waals surface area contributed by atoms with Gasteiger partial charge in [-0.15, -0.1) is 17.0 Å². The molecule has 3 N–H and O–H groups in total. The van der Waals surface area contributed by atoms with E-state index in [-0.39, 0.29) is 17.0 Å². The number of hydrogen-bond acceptors (Lipinski definition) is 6. The third-order valence-corrected chi connectivity index (χ3v) is 9.03. The second-order valence-electron chi connectivity index (χ2n) is 12.5. The van der Waals surface area contributed by atoms with Crippen LogP contribution in [0.15, 0.2) is 102 Å². The largest absolute Gasteiger partial charge is 0.457 e. The topological polar surface area (TPSA) is 99.7 Å². The maximum absolute atomic E-state index is 6.36. The van der Waals surface area contributed by atoms with E-state index in [1.54, 1.807) is 0 Å². The van der Waals surface area contributed by atoms with Crippen molar-refractivity contribution in [3.8, 4) is 11.5 Å². The number of ether oxygens (including phenoxy) is 2. The van der Waals surface area contributed by atoms with Crippen molar-refractivity contribution in [1.82, 2.24) is 30.7 Å². The second-order valence-corrected chi connectivity index (χ2v) is 12.5. The Morgan fingerprint density at radius 2 is 1.62 bits per heavy atom. The summed E-state index contributed by atoms with van der Waals surface area (Å²) >= 11 is 0. The summed E-state index contributed by atoms with van der Waals surface area (Å²) in [5.74, 6) is 4.46. The molecule has 0 amide bonds. The lowest BCUT2D eigenvalue weighted by Gasteiger charge is -2.33. The Bertz CT molecular complexity index is 1760. The summed E-state index contributed by atoms with van der Waals surface area (Å²) in [6, 6.07) is 33.7. The Morgan fingerprint density at radius 3 is 2.48 bits per heavy atom. The van der Waals surface area contributed by atoms with E-state index in [0.29, 0.717) is 25.0 Å². The Labute approximate surface area is 292 Å². The number of nitrogens with one attached hydrogen (secondary N) is 3. The molecule has 0 atom stereocenters. The molecule has 2 aliphatic rings. The fourth-order valence-corrected chi connectivity index (χ4v) is 6.41. The number of aromatic nitrogens is 3. The molecule has 4 aromatic carbocycles. The lowest BCUT2D eigenvalue weighted by Crippen LogP contribution is -2.48. The molecule has 0 unspecified atom stereocenters. The highest BCUT2D eigenvalue weighted by molar-refractivity contribution is 8.93. The molecule has 0 radical (unpaired) electrons. The van der Waals surface area contributed by atoms with Crippen LogP contribution in [0.3, 0.4) is 0 Å². The van der Waals surface area contributed by atoms with Crippen LogP contribution in [0, 0.1) is 0 Å². The number of aliphatic imine (C=N–C) groups is 1. The molecule has 0 spiro atoms. The molecular weight excluding hydrogens is 666 g/mol. The molecule has 250 valence electrons. The molecule has 7 rings (SSSR count). The Kier molecular flexibility index (Phi) is 11.7. The molecule has 2 aliphatic heterocycles. The first kappa shape index (κ1) is 33.6. The van der Waals surface area contributed by atoms with Crippen LogP contribution >= 0.6 is 17.0 Å². The van der Waals surface area contributed by atoms with Gasteiger partial charge in [0.2, 0.25) is 0 Å². The van der Waals surface area contributed by atoms with Gasteiger partial charge in [0.1, 0.15) is 17.3 Å². The third-order valence-electron chi connectivity index (χ3n) is 9.03. The highest BCUT2D eigenvalue weighted by atomic mass is 79.9. The van der Waals surface area contributed by atoms with E-state index < -0.39 is 0 Å². The number of aromatic amines is 1. The minimum atomic E-state index is 0. The molecule has 48 heavy (non-hydrogen) atoms. The molecule has 2 fully saturated rings. The average molecular weight is 711 g/mol. The van der Waals surface area contributed by atoms with Crippen LogP contribution in [0.1, 0.15) is 54.4 Å². The zero-order valence-electron chi connectivity index (χ0n) is 27.2. The second kappa shape index (κ2) is 16.7. The minimum absolute atomic E-state index is 0. The highest BCUT2D eigenvalue weighted by Crippen LogP contribution is 2.30. The van der Waals surface area contributed by atoms with E-state index in [2.05, 4.69) is 86.4 Å². The van der Waals surface area contributed by atoms with E-state index in [1.807, 2.05) is 36.4 Å². The van der Waals surface area contributed by atoms with E-state index in [1.165, 1.54) is 5.56 Å². The summed E-state index contributed by atoms with van der Waals surface area (Å²) in [5.41, 5.74) is 2.43. The molecule has 0 aliphatic carbocycles. The van der Waals surface area contributed by atoms with Gasteiger partial charge in [-0.3, -0.25) is 10.00 Å². The van der Waals surface area contributed by atoms with Crippen molar-refractivity contribution >= 4 is 33.7 Å². The summed E-state index contributed by atoms with van der Waals surface area (Å²) in [4.78, 5) is 12.4.